The number of hydrogen-bond donors (Lipinski definition) is 2. The standard InChI is InChI=1S/C36H37N7O4/c1-40-26-9-3-4-10-27(26)43-33-25(32(44)31(36(40)43)35(46)37-16-21-41-17-6-7-18-41)12-13-30(39-33)42-19-14-24(15-20-42)38-34(45)29-22-23-8-2-5-11-28(23)47-29/h2-5,8-13,22,24H,6-7,14-21H2,1H3,(H,37,46)(H,38,45). The van der Waals surface area contributed by atoms with Crippen molar-refractivity contribution in [1.82, 2.24) is 29.5 Å². The van der Waals surface area contributed by atoms with E-state index in [4.69, 9.17) is 9.40 Å². The summed E-state index contributed by atoms with van der Waals surface area (Å²) in [5, 5.41) is 7.46. The van der Waals surface area contributed by atoms with Crippen molar-refractivity contribution in [1.29, 1.82) is 0 Å². The second-order valence-corrected chi connectivity index (χ2v) is 12.6. The van der Waals surface area contributed by atoms with E-state index in [1.807, 2.05) is 70.6 Å². The minimum atomic E-state index is -0.365. The van der Waals surface area contributed by atoms with Crippen LogP contribution < -0.4 is 21.0 Å². The Balaban J connectivity index is 1.07. The molecule has 2 saturated heterocycles. The first-order chi connectivity index (χ1) is 23.0. The maximum absolute atomic E-state index is 14.0. The van der Waals surface area contributed by atoms with Gasteiger partial charge in [-0.25, -0.2) is 4.98 Å². The van der Waals surface area contributed by atoms with Gasteiger partial charge in [0.05, 0.1) is 16.4 Å². The van der Waals surface area contributed by atoms with Crippen molar-refractivity contribution < 1.29 is 14.0 Å². The van der Waals surface area contributed by atoms with Crippen LogP contribution in [0.5, 0.6) is 0 Å². The Morgan fingerprint density at radius 3 is 2.45 bits per heavy atom. The molecule has 2 aromatic carbocycles. The minimum absolute atomic E-state index is 0.00588. The first kappa shape index (κ1) is 29.3. The maximum atomic E-state index is 14.0. The smallest absolute Gasteiger partial charge is 0.287 e. The van der Waals surface area contributed by atoms with E-state index in [2.05, 4.69) is 20.4 Å². The summed E-state index contributed by atoms with van der Waals surface area (Å²) >= 11 is 0. The summed E-state index contributed by atoms with van der Waals surface area (Å²) in [6.07, 6.45) is 3.85. The molecule has 4 aromatic heterocycles. The number of para-hydroxylation sites is 3. The number of benzene rings is 2. The predicted octanol–water partition coefficient (Wildman–Crippen LogP) is 4.31. The lowest BCUT2D eigenvalue weighted by Crippen LogP contribution is -2.45. The molecule has 47 heavy (non-hydrogen) atoms. The van der Waals surface area contributed by atoms with Gasteiger partial charge in [-0.15, -0.1) is 0 Å². The van der Waals surface area contributed by atoms with Gasteiger partial charge >= 0.3 is 0 Å². The molecule has 2 aliphatic heterocycles. The molecule has 240 valence electrons. The molecule has 2 aliphatic rings. The van der Waals surface area contributed by atoms with Gasteiger partial charge in [0.25, 0.3) is 11.8 Å². The van der Waals surface area contributed by atoms with Crippen LogP contribution in [0.1, 0.15) is 46.6 Å². The molecule has 0 aliphatic carbocycles. The number of nitrogens with zero attached hydrogens (tertiary/aromatic N) is 5. The highest BCUT2D eigenvalue weighted by atomic mass is 16.3. The average Bonchev–Trinajstić information content (AvgIpc) is 3.84. The second-order valence-electron chi connectivity index (χ2n) is 12.6. The lowest BCUT2D eigenvalue weighted by molar-refractivity contribution is 0.0904. The number of piperidine rings is 1. The number of anilines is 1. The highest BCUT2D eigenvalue weighted by molar-refractivity contribution is 6.06. The third kappa shape index (κ3) is 5.20. The number of hydrogen-bond acceptors (Lipinski definition) is 7. The summed E-state index contributed by atoms with van der Waals surface area (Å²) in [5.41, 5.74) is 3.33. The SMILES string of the molecule is Cn1c2ccccc2n2c3nc(N4CCC(NC(=O)c5cc6ccccc6o5)CC4)ccc3c(=O)c(C(=O)NCCN3CCCC3)c12. The molecule has 2 amide bonds. The lowest BCUT2D eigenvalue weighted by atomic mass is 10.0. The topological polar surface area (TPSA) is 117 Å². The number of carbonyl (C=O) groups excluding carboxylic acids is 2. The number of furan rings is 1. The Bertz CT molecular complexity index is 2180. The highest BCUT2D eigenvalue weighted by Crippen LogP contribution is 2.28. The van der Waals surface area contributed by atoms with Crippen molar-refractivity contribution in [2.45, 2.75) is 31.7 Å². The van der Waals surface area contributed by atoms with Gasteiger partial charge in [-0.05, 0) is 75.2 Å². The van der Waals surface area contributed by atoms with Crippen LogP contribution in [0.25, 0.3) is 38.7 Å². The van der Waals surface area contributed by atoms with E-state index < -0.39 is 0 Å². The van der Waals surface area contributed by atoms with Crippen LogP contribution in [-0.2, 0) is 7.05 Å². The van der Waals surface area contributed by atoms with Crippen molar-refractivity contribution >= 4 is 56.3 Å². The normalized spacial score (nSPS) is 16.1. The lowest BCUT2D eigenvalue weighted by Gasteiger charge is -2.33. The molecule has 0 unspecified atom stereocenters. The zero-order valence-electron chi connectivity index (χ0n) is 26.4. The summed E-state index contributed by atoms with van der Waals surface area (Å²) in [5.74, 6) is 0.491. The Morgan fingerprint density at radius 2 is 1.66 bits per heavy atom. The number of imidazole rings is 1. The molecule has 11 nitrogen and oxygen atoms in total. The summed E-state index contributed by atoms with van der Waals surface area (Å²) in [6, 6.07) is 20.9. The van der Waals surface area contributed by atoms with E-state index in [1.54, 1.807) is 12.1 Å². The van der Waals surface area contributed by atoms with Crippen LogP contribution in [0.15, 0.2) is 75.9 Å². The molecule has 0 radical (unpaired) electrons. The molecule has 6 aromatic rings. The molecule has 0 bridgehead atoms. The quantitative estimate of drug-likeness (QED) is 0.270. The van der Waals surface area contributed by atoms with Gasteiger partial charge in [-0.1, -0.05) is 30.3 Å². The first-order valence-corrected chi connectivity index (χ1v) is 16.4. The monoisotopic (exact) mass is 631 g/mol. The van der Waals surface area contributed by atoms with E-state index in [1.165, 1.54) is 12.8 Å². The van der Waals surface area contributed by atoms with Gasteiger partial charge in [-0.3, -0.25) is 18.8 Å². The summed E-state index contributed by atoms with van der Waals surface area (Å²) in [4.78, 5) is 50.2. The van der Waals surface area contributed by atoms with Crippen LogP contribution >= 0.6 is 0 Å². The molecule has 6 heterocycles. The largest absolute Gasteiger partial charge is 0.451 e. The van der Waals surface area contributed by atoms with E-state index >= 15 is 0 Å². The van der Waals surface area contributed by atoms with E-state index in [0.29, 0.717) is 47.7 Å². The first-order valence-electron chi connectivity index (χ1n) is 16.4. The molecule has 8 rings (SSSR count). The maximum Gasteiger partial charge on any atom is 0.287 e. The van der Waals surface area contributed by atoms with Gasteiger partial charge in [0, 0.05) is 44.7 Å². The minimum Gasteiger partial charge on any atom is -0.451 e. The Hall–Kier alpha value is -5.16. The van der Waals surface area contributed by atoms with Crippen molar-refractivity contribution in [2.75, 3.05) is 44.2 Å². The zero-order chi connectivity index (χ0) is 32.1. The fourth-order valence-corrected chi connectivity index (χ4v) is 7.24. The van der Waals surface area contributed by atoms with Crippen LogP contribution in [0.4, 0.5) is 5.82 Å². The number of fused-ring (bicyclic) bond motifs is 6. The number of nitrogens with one attached hydrogen (secondary N) is 2. The number of aryl methyl sites for hydroxylation is 1. The van der Waals surface area contributed by atoms with Gasteiger partial charge < -0.3 is 29.4 Å². The molecule has 2 N–H and O–H groups in total. The number of rotatable bonds is 7. The summed E-state index contributed by atoms with van der Waals surface area (Å²) < 4.78 is 9.62. The third-order valence-electron chi connectivity index (χ3n) is 9.72. The second kappa shape index (κ2) is 11.9. The molecule has 0 spiro atoms. The van der Waals surface area contributed by atoms with E-state index in [-0.39, 0.29) is 28.8 Å². The van der Waals surface area contributed by atoms with Gasteiger partial charge in [0.1, 0.15) is 22.6 Å². The van der Waals surface area contributed by atoms with Crippen molar-refractivity contribution in [3.63, 3.8) is 0 Å². The molecule has 0 atom stereocenters. The zero-order valence-corrected chi connectivity index (χ0v) is 26.4. The Morgan fingerprint density at radius 1 is 0.915 bits per heavy atom. The number of likely N-dealkylation sites (tertiary alicyclic amines) is 1. The molecule has 0 saturated carbocycles. The molecule has 11 heteroatoms. The highest BCUT2D eigenvalue weighted by Gasteiger charge is 2.27. The number of carbonyl (C=O) groups is 2. The van der Waals surface area contributed by atoms with E-state index in [9.17, 15) is 14.4 Å². The van der Waals surface area contributed by atoms with Gasteiger partial charge in [0.2, 0.25) is 5.43 Å². The van der Waals surface area contributed by atoms with Crippen LogP contribution in [0.3, 0.4) is 0 Å². The summed E-state index contributed by atoms with van der Waals surface area (Å²) in [7, 11) is 1.89. The van der Waals surface area contributed by atoms with Gasteiger partial charge in [0.15, 0.2) is 11.4 Å². The van der Waals surface area contributed by atoms with Crippen LogP contribution in [0.2, 0.25) is 0 Å². The van der Waals surface area contributed by atoms with Crippen LogP contribution in [-0.4, -0.2) is 76.0 Å². The average molecular weight is 632 g/mol. The van der Waals surface area contributed by atoms with Crippen molar-refractivity contribution in [3.05, 3.63) is 88.3 Å². The number of amides is 2. The van der Waals surface area contributed by atoms with E-state index in [0.717, 1.165) is 54.7 Å². The number of pyridine rings is 2. The van der Waals surface area contributed by atoms with Crippen molar-refractivity contribution in [3.8, 4) is 0 Å². The van der Waals surface area contributed by atoms with Gasteiger partial charge in [-0.2, -0.15) is 0 Å². The fourth-order valence-electron chi connectivity index (χ4n) is 7.24. The number of aromatic nitrogens is 3. The Labute approximate surface area is 270 Å². The predicted molar refractivity (Wildman–Crippen MR) is 182 cm³/mol. The molecular formula is C36H37N7O4. The van der Waals surface area contributed by atoms with Crippen LogP contribution in [0, 0.1) is 0 Å². The summed E-state index contributed by atoms with van der Waals surface area (Å²) in [6.45, 7) is 4.72. The third-order valence-corrected chi connectivity index (χ3v) is 9.72. The van der Waals surface area contributed by atoms with Crippen molar-refractivity contribution in [2.24, 2.45) is 7.05 Å². The molecular weight excluding hydrogens is 594 g/mol. The molecule has 2 fully saturated rings. The fraction of sp³-hybridized carbons (Fsp3) is 0.333. The Kier molecular flexibility index (Phi) is 7.40.